The van der Waals surface area contributed by atoms with Gasteiger partial charge in [-0.25, -0.2) is 9.18 Å². The van der Waals surface area contributed by atoms with Crippen LogP contribution in [-0.4, -0.2) is 50.5 Å². The zero-order chi connectivity index (χ0) is 25.1. The van der Waals surface area contributed by atoms with E-state index in [9.17, 15) is 14.0 Å². The number of hydrogen-bond acceptors (Lipinski definition) is 6. The van der Waals surface area contributed by atoms with Gasteiger partial charge in [-0.15, -0.1) is 0 Å². The number of cyclic esters (lactones) is 1. The van der Waals surface area contributed by atoms with Crippen molar-refractivity contribution in [2.75, 3.05) is 25.1 Å². The Bertz CT molecular complexity index is 1320. The van der Waals surface area contributed by atoms with Crippen LogP contribution in [0.5, 0.6) is 0 Å². The van der Waals surface area contributed by atoms with E-state index in [0.29, 0.717) is 45.6 Å². The van der Waals surface area contributed by atoms with Crippen LogP contribution in [0.3, 0.4) is 0 Å². The van der Waals surface area contributed by atoms with E-state index in [0.717, 1.165) is 0 Å². The van der Waals surface area contributed by atoms with Crippen LogP contribution in [0.15, 0.2) is 40.8 Å². The molecule has 2 aliphatic rings. The summed E-state index contributed by atoms with van der Waals surface area (Å²) in [4.78, 5) is 27.0. The summed E-state index contributed by atoms with van der Waals surface area (Å²) < 4.78 is 37.5. The Morgan fingerprint density at radius 2 is 1.74 bits per heavy atom. The Morgan fingerprint density at radius 3 is 2.31 bits per heavy atom. The summed E-state index contributed by atoms with van der Waals surface area (Å²) in [7, 11) is 0.730. The third-order valence-electron chi connectivity index (χ3n) is 6.96. The molecule has 0 atom stereocenters. The van der Waals surface area contributed by atoms with Crippen LogP contribution in [0.1, 0.15) is 38.1 Å². The Labute approximate surface area is 202 Å². The van der Waals surface area contributed by atoms with Crippen molar-refractivity contribution in [2.45, 2.75) is 38.9 Å². The lowest BCUT2D eigenvalue weighted by atomic mass is 9.76. The number of furan rings is 1. The molecular weight excluding hydrogens is 454 g/mol. The van der Waals surface area contributed by atoms with E-state index in [4.69, 9.17) is 18.5 Å². The lowest BCUT2D eigenvalue weighted by Crippen LogP contribution is -2.41. The van der Waals surface area contributed by atoms with Crippen LogP contribution in [0, 0.1) is 5.82 Å². The largest absolute Gasteiger partial charge is 0.497 e. The molecule has 2 aromatic carbocycles. The maximum absolute atomic E-state index is 13.6. The van der Waals surface area contributed by atoms with Crippen molar-refractivity contribution in [1.82, 2.24) is 5.32 Å². The van der Waals surface area contributed by atoms with Crippen molar-refractivity contribution >= 4 is 41.2 Å². The first kappa shape index (κ1) is 23.4. The van der Waals surface area contributed by atoms with E-state index >= 15 is 0 Å². The number of hydrogen-bond donors (Lipinski definition) is 1. The van der Waals surface area contributed by atoms with Crippen LogP contribution in [-0.2, 0) is 14.0 Å². The highest BCUT2D eigenvalue weighted by molar-refractivity contribution is 6.64. The first-order valence-electron chi connectivity index (χ1n) is 11.4. The molecule has 10 heteroatoms. The molecular formula is C25H26BFN2O6. The summed E-state index contributed by atoms with van der Waals surface area (Å²) in [5, 5.41) is 3.17. The maximum Gasteiger partial charge on any atom is 0.497 e. The summed E-state index contributed by atoms with van der Waals surface area (Å²) in [6.07, 6.45) is -0.487. The highest BCUT2D eigenvalue weighted by Crippen LogP contribution is 2.40. The van der Waals surface area contributed by atoms with Crippen LogP contribution < -0.4 is 15.7 Å². The Balaban J connectivity index is 1.75. The highest BCUT2D eigenvalue weighted by atomic mass is 19.1. The number of carbonyl (C=O) groups excluding carboxylic acids is 2. The molecule has 2 fully saturated rings. The standard InChI is InChI=1S/C25H26BFN2O6/c1-24(2)25(3,4)35-26(34-24)17-12-16-19(13-18(17)29-10-11-32-23(29)31)33-21(20(16)22(30)28-5)14-6-8-15(27)9-7-14/h6-9,12-13H,10-11H2,1-5H3,(H,28,30). The molecule has 2 aliphatic heterocycles. The fourth-order valence-electron chi connectivity index (χ4n) is 4.31. The molecule has 35 heavy (non-hydrogen) atoms. The van der Waals surface area contributed by atoms with Gasteiger partial charge in [0, 0.05) is 29.5 Å². The molecule has 3 aromatic rings. The van der Waals surface area contributed by atoms with E-state index in [2.05, 4.69) is 5.32 Å². The van der Waals surface area contributed by atoms with Gasteiger partial charge in [0.1, 0.15) is 23.8 Å². The van der Waals surface area contributed by atoms with Gasteiger partial charge < -0.3 is 23.8 Å². The van der Waals surface area contributed by atoms with Crippen molar-refractivity contribution < 1.29 is 32.4 Å². The minimum absolute atomic E-state index is 0.252. The molecule has 0 bridgehead atoms. The van der Waals surface area contributed by atoms with E-state index < -0.39 is 30.2 Å². The van der Waals surface area contributed by atoms with Crippen LogP contribution in [0.4, 0.5) is 14.9 Å². The second-order valence-corrected chi connectivity index (χ2v) is 9.65. The van der Waals surface area contributed by atoms with E-state index in [-0.39, 0.29) is 12.5 Å². The Morgan fingerprint density at radius 1 is 1.09 bits per heavy atom. The Kier molecular flexibility index (Phi) is 5.41. The second-order valence-electron chi connectivity index (χ2n) is 9.65. The summed E-state index contributed by atoms with van der Waals surface area (Å²) in [5.41, 5.74) is 1.08. The molecule has 2 saturated heterocycles. The molecule has 1 N–H and O–H groups in total. The number of carbonyl (C=O) groups is 2. The van der Waals surface area contributed by atoms with Gasteiger partial charge in [-0.3, -0.25) is 9.69 Å². The molecule has 5 rings (SSSR count). The van der Waals surface area contributed by atoms with Crippen LogP contribution >= 0.6 is 0 Å². The Hall–Kier alpha value is -3.37. The van der Waals surface area contributed by atoms with Crippen molar-refractivity contribution in [2.24, 2.45) is 0 Å². The molecule has 182 valence electrons. The fraction of sp³-hybridized carbons (Fsp3) is 0.360. The smallest absolute Gasteiger partial charge is 0.455 e. The molecule has 8 nitrogen and oxygen atoms in total. The molecule has 0 spiro atoms. The normalized spacial score (nSPS) is 18.9. The average molecular weight is 480 g/mol. The molecule has 0 unspecified atom stereocenters. The van der Waals surface area contributed by atoms with Gasteiger partial charge in [-0.05, 0) is 58.0 Å². The van der Waals surface area contributed by atoms with Crippen molar-refractivity contribution in [3.8, 4) is 11.3 Å². The van der Waals surface area contributed by atoms with Gasteiger partial charge >= 0.3 is 13.2 Å². The number of amides is 2. The molecule has 1 aromatic heterocycles. The van der Waals surface area contributed by atoms with E-state index in [1.165, 1.54) is 24.1 Å². The van der Waals surface area contributed by atoms with Crippen molar-refractivity contribution in [3.05, 3.63) is 47.8 Å². The summed E-state index contributed by atoms with van der Waals surface area (Å²) in [6.45, 7) is 8.36. The molecule has 0 aliphatic carbocycles. The fourth-order valence-corrected chi connectivity index (χ4v) is 4.31. The summed E-state index contributed by atoms with van der Waals surface area (Å²) >= 11 is 0. The quantitative estimate of drug-likeness (QED) is 0.571. The predicted octanol–water partition coefficient (Wildman–Crippen LogP) is 3.85. The van der Waals surface area contributed by atoms with Crippen LogP contribution in [0.25, 0.3) is 22.3 Å². The van der Waals surface area contributed by atoms with Crippen molar-refractivity contribution in [3.63, 3.8) is 0 Å². The first-order valence-corrected chi connectivity index (χ1v) is 11.4. The van der Waals surface area contributed by atoms with E-state index in [1.807, 2.05) is 27.7 Å². The van der Waals surface area contributed by atoms with Gasteiger partial charge in [0.05, 0.1) is 29.0 Å². The van der Waals surface area contributed by atoms with Gasteiger partial charge in [0.25, 0.3) is 5.91 Å². The molecule has 2 amide bonds. The lowest BCUT2D eigenvalue weighted by molar-refractivity contribution is 0.00578. The number of fused-ring (bicyclic) bond motifs is 1. The number of anilines is 1. The molecule has 0 saturated carbocycles. The van der Waals surface area contributed by atoms with Gasteiger partial charge in [0.15, 0.2) is 0 Å². The zero-order valence-electron chi connectivity index (χ0n) is 20.2. The van der Waals surface area contributed by atoms with Gasteiger partial charge in [0.2, 0.25) is 0 Å². The lowest BCUT2D eigenvalue weighted by Gasteiger charge is -2.32. The second kappa shape index (κ2) is 8.10. The average Bonchev–Trinajstić information content (AvgIpc) is 3.45. The predicted molar refractivity (Wildman–Crippen MR) is 129 cm³/mol. The minimum atomic E-state index is -0.797. The zero-order valence-corrected chi connectivity index (χ0v) is 20.2. The summed E-state index contributed by atoms with van der Waals surface area (Å²) in [5.74, 6) is -0.471. The highest BCUT2D eigenvalue weighted by Gasteiger charge is 2.53. The number of nitrogens with zero attached hydrogens (tertiary/aromatic N) is 1. The minimum Gasteiger partial charge on any atom is -0.455 e. The third-order valence-corrected chi connectivity index (χ3v) is 6.96. The number of rotatable bonds is 4. The topological polar surface area (TPSA) is 90.2 Å². The monoisotopic (exact) mass is 480 g/mol. The molecule has 3 heterocycles. The van der Waals surface area contributed by atoms with Crippen LogP contribution in [0.2, 0.25) is 0 Å². The van der Waals surface area contributed by atoms with Crippen molar-refractivity contribution in [1.29, 1.82) is 0 Å². The number of ether oxygens (including phenoxy) is 1. The van der Waals surface area contributed by atoms with E-state index in [1.54, 1.807) is 24.3 Å². The maximum atomic E-state index is 13.6. The summed E-state index contributed by atoms with van der Waals surface area (Å²) in [6, 6.07) is 9.16. The molecule has 0 radical (unpaired) electrons. The third kappa shape index (κ3) is 3.77. The number of benzene rings is 2. The first-order chi connectivity index (χ1) is 16.5. The SMILES string of the molecule is CNC(=O)c1c(-c2ccc(F)cc2)oc2cc(N3CCOC3=O)c(B3OC(C)(C)C(C)(C)O3)cc12. The van der Waals surface area contributed by atoms with Gasteiger partial charge in [-0.1, -0.05) is 0 Å². The number of nitrogens with one attached hydrogen (secondary N) is 1. The van der Waals surface area contributed by atoms with Gasteiger partial charge in [-0.2, -0.15) is 0 Å². The number of halogens is 1.